The second kappa shape index (κ2) is 11.5. The Morgan fingerprint density at radius 1 is 1.25 bits per heavy atom. The molecule has 1 aliphatic heterocycles. The number of halogens is 1. The monoisotopic (exact) mass is 524 g/mol. The summed E-state index contributed by atoms with van der Waals surface area (Å²) in [5.74, 6) is -0.274. The lowest BCUT2D eigenvalue weighted by molar-refractivity contribution is 0.0600. The van der Waals surface area contributed by atoms with Crippen LogP contribution in [0.3, 0.4) is 0 Å². The SMILES string of the molecule is COC(=O)c1ccc(CN2CCc3c(sc(NC(=O)c4cc(OCCN)ccc4Cl)c3C#N)C2)cc1. The smallest absolute Gasteiger partial charge is 0.337 e. The largest absolute Gasteiger partial charge is 0.492 e. The lowest BCUT2D eigenvalue weighted by Gasteiger charge is -2.26. The maximum absolute atomic E-state index is 13.0. The maximum Gasteiger partial charge on any atom is 0.337 e. The standard InChI is InChI=1S/C26H25ClN4O4S/c1-34-26(33)17-4-2-16(3-5-17)14-31-10-8-19-21(13-29)25(36-23(19)15-31)30-24(32)20-12-18(35-11-9-28)6-7-22(20)27/h2-7,12H,8-11,14-15,28H2,1H3,(H,30,32). The van der Waals surface area contributed by atoms with Crippen LogP contribution >= 0.6 is 22.9 Å². The first-order valence-corrected chi connectivity index (χ1v) is 12.5. The number of nitrogens with two attached hydrogens (primary N) is 1. The Morgan fingerprint density at radius 3 is 2.72 bits per heavy atom. The van der Waals surface area contributed by atoms with Crippen LogP contribution in [0.5, 0.6) is 5.75 Å². The highest BCUT2D eigenvalue weighted by molar-refractivity contribution is 7.16. The van der Waals surface area contributed by atoms with Gasteiger partial charge >= 0.3 is 5.97 Å². The fourth-order valence-electron chi connectivity index (χ4n) is 4.04. The van der Waals surface area contributed by atoms with Gasteiger partial charge in [0.2, 0.25) is 0 Å². The zero-order chi connectivity index (χ0) is 25.7. The molecule has 36 heavy (non-hydrogen) atoms. The van der Waals surface area contributed by atoms with E-state index in [2.05, 4.69) is 16.3 Å². The van der Waals surface area contributed by atoms with E-state index in [-0.39, 0.29) is 16.6 Å². The molecule has 0 saturated carbocycles. The molecule has 0 spiro atoms. The number of benzene rings is 2. The number of nitriles is 1. The van der Waals surface area contributed by atoms with Crippen LogP contribution < -0.4 is 15.8 Å². The number of rotatable bonds is 8. The van der Waals surface area contributed by atoms with Crippen LogP contribution in [0.4, 0.5) is 5.00 Å². The molecule has 0 radical (unpaired) electrons. The molecular weight excluding hydrogens is 500 g/mol. The summed E-state index contributed by atoms with van der Waals surface area (Å²) in [7, 11) is 1.36. The number of nitrogens with zero attached hydrogens (tertiary/aromatic N) is 2. The van der Waals surface area contributed by atoms with Crippen LogP contribution in [-0.4, -0.2) is 43.6 Å². The van der Waals surface area contributed by atoms with Crippen LogP contribution in [0.2, 0.25) is 5.02 Å². The van der Waals surface area contributed by atoms with Crippen molar-refractivity contribution in [3.05, 3.63) is 80.2 Å². The molecule has 1 aromatic heterocycles. The Morgan fingerprint density at radius 2 is 2.03 bits per heavy atom. The number of methoxy groups -OCH3 is 1. The third-order valence-electron chi connectivity index (χ3n) is 5.83. The Hall–Kier alpha value is -3.42. The molecule has 0 atom stereocenters. The van der Waals surface area contributed by atoms with Crippen molar-refractivity contribution in [2.75, 3.05) is 32.1 Å². The molecule has 3 N–H and O–H groups in total. The predicted octanol–water partition coefficient (Wildman–Crippen LogP) is 4.21. The van der Waals surface area contributed by atoms with Gasteiger partial charge in [-0.05, 0) is 47.9 Å². The third-order valence-corrected chi connectivity index (χ3v) is 7.29. The average Bonchev–Trinajstić information content (AvgIpc) is 3.24. The highest BCUT2D eigenvalue weighted by atomic mass is 35.5. The number of fused-ring (bicyclic) bond motifs is 1. The van der Waals surface area contributed by atoms with E-state index in [9.17, 15) is 14.9 Å². The number of amides is 1. The Kier molecular flexibility index (Phi) is 8.23. The van der Waals surface area contributed by atoms with Gasteiger partial charge in [-0.2, -0.15) is 5.26 Å². The van der Waals surface area contributed by atoms with E-state index in [1.807, 2.05) is 12.1 Å². The average molecular weight is 525 g/mol. The van der Waals surface area contributed by atoms with Gasteiger partial charge in [-0.15, -0.1) is 11.3 Å². The summed E-state index contributed by atoms with van der Waals surface area (Å²) in [5.41, 5.74) is 8.80. The number of nitrogens with one attached hydrogen (secondary N) is 1. The summed E-state index contributed by atoms with van der Waals surface area (Å²) < 4.78 is 10.3. The molecule has 2 aromatic carbocycles. The van der Waals surface area contributed by atoms with Crippen molar-refractivity contribution >= 4 is 39.8 Å². The van der Waals surface area contributed by atoms with Crippen LogP contribution in [0.1, 0.15) is 42.3 Å². The molecule has 1 amide bonds. The zero-order valence-electron chi connectivity index (χ0n) is 19.7. The summed E-state index contributed by atoms with van der Waals surface area (Å²) in [6.07, 6.45) is 0.702. The van der Waals surface area contributed by atoms with Crippen LogP contribution in [-0.2, 0) is 24.2 Å². The van der Waals surface area contributed by atoms with Crippen molar-refractivity contribution in [2.24, 2.45) is 5.73 Å². The molecular formula is C26H25ClN4O4S. The Balaban J connectivity index is 1.48. The Labute approximate surface area is 218 Å². The molecule has 0 saturated heterocycles. The van der Waals surface area contributed by atoms with E-state index in [1.165, 1.54) is 18.4 Å². The minimum absolute atomic E-state index is 0.262. The van der Waals surface area contributed by atoms with Crippen LogP contribution in [0, 0.1) is 11.3 Å². The van der Waals surface area contributed by atoms with E-state index >= 15 is 0 Å². The van der Waals surface area contributed by atoms with Crippen LogP contribution in [0.15, 0.2) is 42.5 Å². The molecule has 0 fully saturated rings. The first-order chi connectivity index (χ1) is 17.4. The molecule has 186 valence electrons. The van der Waals surface area contributed by atoms with E-state index in [4.69, 9.17) is 26.8 Å². The second-order valence-electron chi connectivity index (χ2n) is 8.20. The van der Waals surface area contributed by atoms with Gasteiger partial charge < -0.3 is 20.5 Å². The zero-order valence-corrected chi connectivity index (χ0v) is 21.2. The second-order valence-corrected chi connectivity index (χ2v) is 9.71. The summed E-state index contributed by atoms with van der Waals surface area (Å²) in [5, 5.41) is 13.5. The fourth-order valence-corrected chi connectivity index (χ4v) is 5.47. The molecule has 1 aliphatic rings. The number of carbonyl (C=O) groups is 2. The number of hydrogen-bond acceptors (Lipinski definition) is 8. The van der Waals surface area contributed by atoms with Crippen molar-refractivity contribution in [3.8, 4) is 11.8 Å². The van der Waals surface area contributed by atoms with E-state index < -0.39 is 5.91 Å². The number of thiophene rings is 1. The van der Waals surface area contributed by atoms with Gasteiger partial charge in [0.05, 0.1) is 28.8 Å². The quantitative estimate of drug-likeness (QED) is 0.424. The summed E-state index contributed by atoms with van der Waals surface area (Å²) in [4.78, 5) is 28.0. The maximum atomic E-state index is 13.0. The first kappa shape index (κ1) is 25.7. The number of carbonyl (C=O) groups excluding carboxylic acids is 2. The van der Waals surface area contributed by atoms with Gasteiger partial charge in [-0.25, -0.2) is 4.79 Å². The predicted molar refractivity (Wildman–Crippen MR) is 139 cm³/mol. The van der Waals surface area contributed by atoms with Crippen LogP contribution in [0.25, 0.3) is 0 Å². The van der Waals surface area contributed by atoms with Crippen molar-refractivity contribution in [1.29, 1.82) is 5.26 Å². The number of esters is 1. The molecule has 2 heterocycles. The third kappa shape index (κ3) is 5.69. The first-order valence-electron chi connectivity index (χ1n) is 11.3. The summed E-state index contributed by atoms with van der Waals surface area (Å²) in [6, 6.07) is 14.4. The van der Waals surface area contributed by atoms with Crippen molar-refractivity contribution in [3.63, 3.8) is 0 Å². The molecule has 8 nitrogen and oxygen atoms in total. The van der Waals surface area contributed by atoms with Crippen molar-refractivity contribution in [1.82, 2.24) is 4.90 Å². The fraction of sp³-hybridized carbons (Fsp3) is 0.269. The van der Waals surface area contributed by atoms with E-state index in [0.717, 1.165) is 22.5 Å². The lowest BCUT2D eigenvalue weighted by atomic mass is 10.0. The van der Waals surface area contributed by atoms with Gasteiger partial charge in [-0.1, -0.05) is 23.7 Å². The van der Waals surface area contributed by atoms with Crippen molar-refractivity contribution < 1.29 is 19.1 Å². The minimum atomic E-state index is -0.407. The summed E-state index contributed by atoms with van der Waals surface area (Å²) >= 11 is 7.67. The summed E-state index contributed by atoms with van der Waals surface area (Å²) in [6.45, 7) is 2.81. The Bertz CT molecular complexity index is 1320. The number of hydrogen-bond donors (Lipinski definition) is 2. The molecule has 0 unspecified atom stereocenters. The number of anilines is 1. The molecule has 10 heteroatoms. The molecule has 0 aliphatic carbocycles. The minimum Gasteiger partial charge on any atom is -0.492 e. The van der Waals surface area contributed by atoms with Gasteiger partial charge in [-0.3, -0.25) is 9.69 Å². The molecule has 4 rings (SSSR count). The van der Waals surface area contributed by atoms with Gasteiger partial charge in [0.25, 0.3) is 5.91 Å². The lowest BCUT2D eigenvalue weighted by Crippen LogP contribution is -2.29. The number of ether oxygens (including phenoxy) is 2. The molecule has 0 bridgehead atoms. The topological polar surface area (TPSA) is 118 Å². The van der Waals surface area contributed by atoms with Gasteiger partial charge in [0.15, 0.2) is 0 Å². The van der Waals surface area contributed by atoms with Crippen molar-refractivity contribution in [2.45, 2.75) is 19.5 Å². The normalized spacial score (nSPS) is 12.9. The van der Waals surface area contributed by atoms with E-state index in [0.29, 0.717) is 54.5 Å². The molecule has 3 aromatic rings. The van der Waals surface area contributed by atoms with Gasteiger partial charge in [0.1, 0.15) is 23.4 Å². The highest BCUT2D eigenvalue weighted by Crippen LogP contribution is 2.37. The van der Waals surface area contributed by atoms with Gasteiger partial charge in [0, 0.05) is 31.1 Å². The highest BCUT2D eigenvalue weighted by Gasteiger charge is 2.26. The van der Waals surface area contributed by atoms with E-state index in [1.54, 1.807) is 30.3 Å².